The first kappa shape index (κ1) is 14.3. The van der Waals surface area contributed by atoms with Gasteiger partial charge in [-0.05, 0) is 19.3 Å². The van der Waals surface area contributed by atoms with Gasteiger partial charge in [-0.25, -0.2) is 4.98 Å². The third-order valence-electron chi connectivity index (χ3n) is 2.80. The number of aromatic nitrogens is 1. The summed E-state index contributed by atoms with van der Waals surface area (Å²) in [7, 11) is 0. The SMILES string of the molecule is O=C(NCC1CCCCO1)c1ncsc1C(F)(F)F. The van der Waals surface area contributed by atoms with Gasteiger partial charge >= 0.3 is 6.18 Å². The molecule has 1 amide bonds. The Labute approximate surface area is 112 Å². The molecule has 1 fully saturated rings. The summed E-state index contributed by atoms with van der Waals surface area (Å²) in [5.41, 5.74) is 0.461. The topological polar surface area (TPSA) is 51.2 Å². The maximum absolute atomic E-state index is 12.6. The molecule has 1 aromatic rings. The second-order valence-corrected chi connectivity index (χ2v) is 5.08. The lowest BCUT2D eigenvalue weighted by atomic mass is 10.1. The van der Waals surface area contributed by atoms with Gasteiger partial charge in [-0.2, -0.15) is 13.2 Å². The van der Waals surface area contributed by atoms with Crippen molar-refractivity contribution in [2.75, 3.05) is 13.2 Å². The Morgan fingerprint density at radius 3 is 2.95 bits per heavy atom. The number of alkyl halides is 3. The van der Waals surface area contributed by atoms with Crippen molar-refractivity contribution >= 4 is 17.2 Å². The molecule has 4 nitrogen and oxygen atoms in total. The van der Waals surface area contributed by atoms with E-state index >= 15 is 0 Å². The standard InChI is InChI=1S/C11H13F3N2O2S/c12-11(13,14)9-8(16-6-19-9)10(17)15-5-7-3-1-2-4-18-7/h6-7H,1-5H2,(H,15,17). The van der Waals surface area contributed by atoms with Gasteiger partial charge in [0.25, 0.3) is 5.91 Å². The number of amides is 1. The molecule has 8 heteroatoms. The Morgan fingerprint density at radius 1 is 1.53 bits per heavy atom. The van der Waals surface area contributed by atoms with Crippen LogP contribution in [0.15, 0.2) is 5.51 Å². The first-order chi connectivity index (χ1) is 8.98. The lowest BCUT2D eigenvalue weighted by molar-refractivity contribution is -0.134. The molecule has 1 unspecified atom stereocenters. The summed E-state index contributed by atoms with van der Waals surface area (Å²) in [4.78, 5) is 14.2. The van der Waals surface area contributed by atoms with Crippen LogP contribution in [0.25, 0.3) is 0 Å². The van der Waals surface area contributed by atoms with Crippen LogP contribution in [0, 0.1) is 0 Å². The second-order valence-electron chi connectivity index (χ2n) is 4.23. The number of hydrogen-bond acceptors (Lipinski definition) is 4. The van der Waals surface area contributed by atoms with Gasteiger partial charge in [0.1, 0.15) is 4.88 Å². The van der Waals surface area contributed by atoms with Crippen molar-refractivity contribution in [2.24, 2.45) is 0 Å². The Hall–Kier alpha value is -1.15. The highest BCUT2D eigenvalue weighted by molar-refractivity contribution is 7.10. The fourth-order valence-corrected chi connectivity index (χ4v) is 2.52. The molecule has 2 heterocycles. The van der Waals surface area contributed by atoms with Gasteiger partial charge < -0.3 is 10.1 Å². The molecular formula is C11H13F3N2O2S. The second kappa shape index (κ2) is 5.87. The number of ether oxygens (including phenoxy) is 1. The van der Waals surface area contributed by atoms with Crippen molar-refractivity contribution < 1.29 is 22.7 Å². The predicted octanol–water partition coefficient (Wildman–Crippen LogP) is 2.46. The average molecular weight is 294 g/mol. The summed E-state index contributed by atoms with van der Waals surface area (Å²) >= 11 is 0.418. The van der Waals surface area contributed by atoms with Gasteiger partial charge in [0.2, 0.25) is 0 Å². The summed E-state index contributed by atoms with van der Waals surface area (Å²) in [6.07, 6.45) is -1.87. The van der Waals surface area contributed by atoms with Crippen LogP contribution in [0.2, 0.25) is 0 Å². The highest BCUT2D eigenvalue weighted by Crippen LogP contribution is 2.34. The molecule has 0 aromatic carbocycles. The Morgan fingerprint density at radius 2 is 2.32 bits per heavy atom. The fraction of sp³-hybridized carbons (Fsp3) is 0.636. The van der Waals surface area contributed by atoms with Crippen molar-refractivity contribution in [2.45, 2.75) is 31.5 Å². The van der Waals surface area contributed by atoms with Crippen LogP contribution in [0.4, 0.5) is 13.2 Å². The summed E-state index contributed by atoms with van der Waals surface area (Å²) in [5.74, 6) is -0.803. The minimum atomic E-state index is -4.55. The maximum atomic E-state index is 12.6. The maximum Gasteiger partial charge on any atom is 0.427 e. The van der Waals surface area contributed by atoms with Crippen LogP contribution in [0.5, 0.6) is 0 Å². The highest BCUT2D eigenvalue weighted by atomic mass is 32.1. The van der Waals surface area contributed by atoms with E-state index in [0.29, 0.717) is 17.9 Å². The molecule has 1 saturated heterocycles. The first-order valence-corrected chi connectivity index (χ1v) is 6.77. The van der Waals surface area contributed by atoms with E-state index in [0.717, 1.165) is 24.8 Å². The predicted molar refractivity (Wildman–Crippen MR) is 63.0 cm³/mol. The minimum absolute atomic E-state index is 0.120. The van der Waals surface area contributed by atoms with E-state index < -0.39 is 22.7 Å². The van der Waals surface area contributed by atoms with Crippen molar-refractivity contribution in [1.29, 1.82) is 0 Å². The van der Waals surface area contributed by atoms with Gasteiger partial charge in [-0.3, -0.25) is 4.79 Å². The molecule has 0 saturated carbocycles. The number of thiazole rings is 1. The van der Waals surface area contributed by atoms with E-state index in [4.69, 9.17) is 4.74 Å². The number of carbonyl (C=O) groups excluding carboxylic acids is 1. The average Bonchev–Trinajstić information content (AvgIpc) is 2.86. The quantitative estimate of drug-likeness (QED) is 0.931. The molecule has 0 bridgehead atoms. The number of halogens is 3. The molecule has 106 valence electrons. The highest BCUT2D eigenvalue weighted by Gasteiger charge is 2.38. The Bertz CT molecular complexity index is 441. The lowest BCUT2D eigenvalue weighted by Gasteiger charge is -2.22. The van der Waals surface area contributed by atoms with E-state index in [9.17, 15) is 18.0 Å². The third-order valence-corrected chi connectivity index (χ3v) is 3.68. The van der Waals surface area contributed by atoms with Crippen molar-refractivity contribution in [3.05, 3.63) is 16.1 Å². The molecule has 1 aliphatic heterocycles. The van der Waals surface area contributed by atoms with Crippen LogP contribution in [-0.2, 0) is 10.9 Å². The molecule has 19 heavy (non-hydrogen) atoms. The zero-order valence-corrected chi connectivity index (χ0v) is 10.8. The molecule has 1 aliphatic rings. The Balaban J connectivity index is 1.94. The van der Waals surface area contributed by atoms with E-state index in [1.54, 1.807) is 0 Å². The summed E-state index contributed by atoms with van der Waals surface area (Å²) in [6, 6.07) is 0. The fourth-order valence-electron chi connectivity index (χ4n) is 1.87. The normalized spacial score (nSPS) is 20.3. The van der Waals surface area contributed by atoms with Crippen molar-refractivity contribution in [1.82, 2.24) is 10.3 Å². The van der Waals surface area contributed by atoms with Crippen LogP contribution < -0.4 is 5.32 Å². The largest absolute Gasteiger partial charge is 0.427 e. The van der Waals surface area contributed by atoms with Gasteiger partial charge in [-0.1, -0.05) is 0 Å². The molecular weight excluding hydrogens is 281 g/mol. The van der Waals surface area contributed by atoms with Crippen LogP contribution in [0.1, 0.15) is 34.6 Å². The van der Waals surface area contributed by atoms with Crippen molar-refractivity contribution in [3.8, 4) is 0 Å². The zero-order valence-electron chi connectivity index (χ0n) is 10.00. The van der Waals surface area contributed by atoms with E-state index in [-0.39, 0.29) is 12.6 Å². The number of hydrogen-bond donors (Lipinski definition) is 1. The molecule has 1 aromatic heterocycles. The molecule has 1 N–H and O–H groups in total. The van der Waals surface area contributed by atoms with Crippen molar-refractivity contribution in [3.63, 3.8) is 0 Å². The number of nitrogens with zero attached hydrogens (tertiary/aromatic N) is 1. The molecule has 2 rings (SSSR count). The summed E-state index contributed by atoms with van der Waals surface area (Å²) < 4.78 is 43.2. The van der Waals surface area contributed by atoms with Gasteiger partial charge in [0.15, 0.2) is 5.69 Å². The number of nitrogens with one attached hydrogen (secondary N) is 1. The monoisotopic (exact) mass is 294 g/mol. The minimum Gasteiger partial charge on any atom is -0.376 e. The third kappa shape index (κ3) is 3.66. The summed E-state index contributed by atoms with van der Waals surface area (Å²) in [6.45, 7) is 0.846. The smallest absolute Gasteiger partial charge is 0.376 e. The molecule has 0 aliphatic carbocycles. The summed E-state index contributed by atoms with van der Waals surface area (Å²) in [5, 5.41) is 2.45. The number of rotatable bonds is 3. The van der Waals surface area contributed by atoms with E-state index in [2.05, 4.69) is 10.3 Å². The van der Waals surface area contributed by atoms with Crippen LogP contribution in [-0.4, -0.2) is 30.1 Å². The van der Waals surface area contributed by atoms with Crippen LogP contribution in [0.3, 0.4) is 0 Å². The Kier molecular flexibility index (Phi) is 4.41. The molecule has 1 atom stereocenters. The number of carbonyl (C=O) groups is 1. The van der Waals surface area contributed by atoms with E-state index in [1.807, 2.05) is 0 Å². The zero-order chi connectivity index (χ0) is 13.9. The van der Waals surface area contributed by atoms with Gasteiger partial charge in [-0.15, -0.1) is 11.3 Å². The van der Waals surface area contributed by atoms with Gasteiger partial charge in [0, 0.05) is 13.2 Å². The molecule has 0 radical (unpaired) electrons. The van der Waals surface area contributed by atoms with E-state index in [1.165, 1.54) is 0 Å². The van der Waals surface area contributed by atoms with Gasteiger partial charge in [0.05, 0.1) is 11.6 Å². The lowest BCUT2D eigenvalue weighted by Crippen LogP contribution is -2.36. The molecule has 0 spiro atoms. The van der Waals surface area contributed by atoms with Crippen LogP contribution >= 0.6 is 11.3 Å². The first-order valence-electron chi connectivity index (χ1n) is 5.89.